The molecule has 0 saturated carbocycles. The molecule has 0 aliphatic carbocycles. The van der Waals surface area contributed by atoms with Gasteiger partial charge in [-0.3, -0.25) is 9.89 Å². The standard InChI is InChI=1S/C13H13BrClN3O/c14-12-7-11(17-18-12)8-16-13(19)6-3-9-1-4-10(15)5-2-9/h1-2,4-5,7H,3,6,8H2,(H,16,19)(H,17,18). The van der Waals surface area contributed by atoms with Crippen molar-refractivity contribution in [3.8, 4) is 0 Å². The van der Waals surface area contributed by atoms with E-state index < -0.39 is 0 Å². The molecule has 0 fully saturated rings. The Balaban J connectivity index is 1.74. The Morgan fingerprint density at radius 3 is 2.74 bits per heavy atom. The Hall–Kier alpha value is -1.33. The van der Waals surface area contributed by atoms with Crippen molar-refractivity contribution in [2.45, 2.75) is 19.4 Å². The summed E-state index contributed by atoms with van der Waals surface area (Å²) in [5.41, 5.74) is 1.97. The summed E-state index contributed by atoms with van der Waals surface area (Å²) in [6, 6.07) is 9.36. The first-order chi connectivity index (χ1) is 9.13. The molecule has 1 heterocycles. The van der Waals surface area contributed by atoms with Crippen molar-refractivity contribution in [1.29, 1.82) is 0 Å². The molecular formula is C13H13BrClN3O. The minimum absolute atomic E-state index is 0.0145. The molecule has 0 atom stereocenters. The van der Waals surface area contributed by atoms with Crippen LogP contribution < -0.4 is 5.32 Å². The normalized spacial score (nSPS) is 10.4. The largest absolute Gasteiger partial charge is 0.350 e. The Kier molecular flexibility index (Phi) is 4.99. The van der Waals surface area contributed by atoms with Crippen molar-refractivity contribution < 1.29 is 4.79 Å². The van der Waals surface area contributed by atoms with Gasteiger partial charge in [-0.1, -0.05) is 23.7 Å². The second kappa shape index (κ2) is 6.73. The molecule has 19 heavy (non-hydrogen) atoms. The Bertz CT molecular complexity index is 553. The molecule has 6 heteroatoms. The average molecular weight is 343 g/mol. The highest BCUT2D eigenvalue weighted by Gasteiger charge is 2.04. The lowest BCUT2D eigenvalue weighted by Gasteiger charge is -2.04. The van der Waals surface area contributed by atoms with E-state index >= 15 is 0 Å². The molecule has 0 aliphatic rings. The summed E-state index contributed by atoms with van der Waals surface area (Å²) in [7, 11) is 0. The van der Waals surface area contributed by atoms with Gasteiger partial charge in [0.1, 0.15) is 4.60 Å². The number of H-pyrrole nitrogens is 1. The molecule has 0 radical (unpaired) electrons. The van der Waals surface area contributed by atoms with Crippen LogP contribution in [0.1, 0.15) is 17.7 Å². The molecular weight excluding hydrogens is 330 g/mol. The molecule has 0 spiro atoms. The van der Waals surface area contributed by atoms with Crippen LogP contribution in [0.4, 0.5) is 0 Å². The minimum atomic E-state index is 0.0145. The van der Waals surface area contributed by atoms with Crippen molar-refractivity contribution in [3.05, 3.63) is 51.2 Å². The molecule has 0 bridgehead atoms. The number of aromatic amines is 1. The van der Waals surface area contributed by atoms with Gasteiger partial charge in [-0.2, -0.15) is 5.10 Å². The van der Waals surface area contributed by atoms with E-state index in [0.717, 1.165) is 15.9 Å². The highest BCUT2D eigenvalue weighted by molar-refractivity contribution is 9.10. The van der Waals surface area contributed by atoms with Crippen LogP contribution in [-0.2, 0) is 17.8 Å². The lowest BCUT2D eigenvalue weighted by Crippen LogP contribution is -2.23. The van der Waals surface area contributed by atoms with Crippen molar-refractivity contribution in [1.82, 2.24) is 15.5 Å². The number of hydrogen-bond donors (Lipinski definition) is 2. The molecule has 0 unspecified atom stereocenters. The van der Waals surface area contributed by atoms with E-state index in [1.165, 1.54) is 0 Å². The highest BCUT2D eigenvalue weighted by atomic mass is 79.9. The number of amides is 1. The monoisotopic (exact) mass is 341 g/mol. The summed E-state index contributed by atoms with van der Waals surface area (Å²) in [4.78, 5) is 11.7. The Morgan fingerprint density at radius 1 is 1.37 bits per heavy atom. The molecule has 4 nitrogen and oxygen atoms in total. The molecule has 1 amide bonds. The highest BCUT2D eigenvalue weighted by Crippen LogP contribution is 2.11. The number of carbonyl (C=O) groups is 1. The summed E-state index contributed by atoms with van der Waals surface area (Å²) in [5.74, 6) is 0.0145. The molecule has 2 rings (SSSR count). The van der Waals surface area contributed by atoms with Crippen LogP contribution >= 0.6 is 27.5 Å². The third kappa shape index (κ3) is 4.69. The van der Waals surface area contributed by atoms with Crippen molar-refractivity contribution >= 4 is 33.4 Å². The van der Waals surface area contributed by atoms with Gasteiger partial charge in [-0.05, 0) is 46.1 Å². The van der Waals surface area contributed by atoms with Gasteiger partial charge in [0, 0.05) is 11.4 Å². The van der Waals surface area contributed by atoms with Crippen molar-refractivity contribution in [3.63, 3.8) is 0 Å². The van der Waals surface area contributed by atoms with Gasteiger partial charge < -0.3 is 5.32 Å². The molecule has 0 saturated heterocycles. The maximum atomic E-state index is 11.7. The zero-order valence-electron chi connectivity index (χ0n) is 10.1. The first-order valence-electron chi connectivity index (χ1n) is 5.84. The summed E-state index contributed by atoms with van der Waals surface area (Å²) in [6.07, 6.45) is 1.16. The van der Waals surface area contributed by atoms with Gasteiger partial charge in [0.25, 0.3) is 0 Å². The predicted octanol–water partition coefficient (Wildman–Crippen LogP) is 3.07. The van der Waals surface area contributed by atoms with E-state index in [1.807, 2.05) is 30.3 Å². The minimum Gasteiger partial charge on any atom is -0.350 e. The average Bonchev–Trinajstić information content (AvgIpc) is 2.81. The van der Waals surface area contributed by atoms with E-state index in [4.69, 9.17) is 11.6 Å². The first-order valence-corrected chi connectivity index (χ1v) is 7.01. The van der Waals surface area contributed by atoms with E-state index in [0.29, 0.717) is 24.4 Å². The van der Waals surface area contributed by atoms with Gasteiger partial charge in [-0.25, -0.2) is 0 Å². The smallest absolute Gasteiger partial charge is 0.220 e. The van der Waals surface area contributed by atoms with Gasteiger partial charge in [0.05, 0.1) is 12.2 Å². The van der Waals surface area contributed by atoms with Crippen molar-refractivity contribution in [2.24, 2.45) is 0 Å². The van der Waals surface area contributed by atoms with E-state index in [1.54, 1.807) is 0 Å². The molecule has 2 N–H and O–H groups in total. The van der Waals surface area contributed by atoms with Crippen LogP contribution in [0.25, 0.3) is 0 Å². The lowest BCUT2D eigenvalue weighted by atomic mass is 10.1. The van der Waals surface area contributed by atoms with Crippen LogP contribution in [0, 0.1) is 0 Å². The van der Waals surface area contributed by atoms with Crippen LogP contribution in [0.2, 0.25) is 5.02 Å². The zero-order chi connectivity index (χ0) is 13.7. The van der Waals surface area contributed by atoms with Gasteiger partial charge in [0.15, 0.2) is 0 Å². The fourth-order valence-electron chi connectivity index (χ4n) is 1.62. The number of aromatic nitrogens is 2. The maximum Gasteiger partial charge on any atom is 0.220 e. The number of carbonyl (C=O) groups excluding carboxylic acids is 1. The zero-order valence-corrected chi connectivity index (χ0v) is 12.5. The van der Waals surface area contributed by atoms with Crippen LogP contribution in [0.15, 0.2) is 34.9 Å². The molecule has 1 aromatic heterocycles. The molecule has 0 aliphatic heterocycles. The number of hydrogen-bond acceptors (Lipinski definition) is 2. The number of halogens is 2. The van der Waals surface area contributed by atoms with Crippen LogP contribution in [-0.4, -0.2) is 16.1 Å². The van der Waals surface area contributed by atoms with Crippen LogP contribution in [0.3, 0.4) is 0 Å². The number of aryl methyl sites for hydroxylation is 1. The third-order valence-electron chi connectivity index (χ3n) is 2.63. The summed E-state index contributed by atoms with van der Waals surface area (Å²) in [6.45, 7) is 0.456. The second-order valence-corrected chi connectivity index (χ2v) is 5.37. The third-order valence-corrected chi connectivity index (χ3v) is 3.29. The predicted molar refractivity (Wildman–Crippen MR) is 77.9 cm³/mol. The first kappa shape index (κ1) is 14.1. The summed E-state index contributed by atoms with van der Waals surface area (Å²) in [5, 5.41) is 10.3. The number of nitrogens with one attached hydrogen (secondary N) is 2. The number of nitrogens with zero attached hydrogens (tertiary/aromatic N) is 1. The van der Waals surface area contributed by atoms with E-state index in [9.17, 15) is 4.79 Å². The fraction of sp³-hybridized carbons (Fsp3) is 0.231. The van der Waals surface area contributed by atoms with Gasteiger partial charge >= 0.3 is 0 Å². The Labute approximate surface area is 124 Å². The second-order valence-electron chi connectivity index (χ2n) is 4.12. The van der Waals surface area contributed by atoms with E-state index in [2.05, 4.69) is 31.4 Å². The maximum absolute atomic E-state index is 11.7. The number of benzene rings is 1. The van der Waals surface area contributed by atoms with Gasteiger partial charge in [-0.15, -0.1) is 0 Å². The SMILES string of the molecule is O=C(CCc1ccc(Cl)cc1)NCc1cc(Br)n[nH]1. The summed E-state index contributed by atoms with van der Waals surface area (Å²) >= 11 is 9.04. The molecule has 1 aromatic carbocycles. The van der Waals surface area contributed by atoms with Gasteiger partial charge in [0.2, 0.25) is 5.91 Å². The van der Waals surface area contributed by atoms with E-state index in [-0.39, 0.29) is 5.91 Å². The van der Waals surface area contributed by atoms with Crippen LogP contribution in [0.5, 0.6) is 0 Å². The molecule has 2 aromatic rings. The van der Waals surface area contributed by atoms with Crippen molar-refractivity contribution in [2.75, 3.05) is 0 Å². The summed E-state index contributed by atoms with van der Waals surface area (Å²) < 4.78 is 0.734. The topological polar surface area (TPSA) is 57.8 Å². The fourth-order valence-corrected chi connectivity index (χ4v) is 2.11. The number of rotatable bonds is 5. The Morgan fingerprint density at radius 2 is 2.11 bits per heavy atom. The quantitative estimate of drug-likeness (QED) is 0.877. The lowest BCUT2D eigenvalue weighted by molar-refractivity contribution is -0.121. The molecule has 100 valence electrons.